The summed E-state index contributed by atoms with van der Waals surface area (Å²) < 4.78 is 5.37. The molecule has 150 valence electrons. The second kappa shape index (κ2) is 8.39. The Bertz CT molecular complexity index is 784. The molecule has 6 heteroatoms. The lowest BCUT2D eigenvalue weighted by Crippen LogP contribution is -2.40. The largest absolute Gasteiger partial charge is 0.444 e. The second-order valence-electron chi connectivity index (χ2n) is 8.54. The highest BCUT2D eigenvalue weighted by Gasteiger charge is 2.44. The number of alkyl carbamates (subject to hydrolysis) is 1. The molecule has 5 nitrogen and oxygen atoms in total. The number of halogens is 1. The lowest BCUT2D eigenvalue weighted by molar-refractivity contribution is 0.0516. The Kier molecular flexibility index (Phi) is 6.14. The van der Waals surface area contributed by atoms with Gasteiger partial charge in [0, 0.05) is 25.0 Å². The zero-order chi connectivity index (χ0) is 20.2. The van der Waals surface area contributed by atoms with Gasteiger partial charge < -0.3 is 15.0 Å². The topological polar surface area (TPSA) is 54.5 Å². The van der Waals surface area contributed by atoms with Gasteiger partial charge in [-0.3, -0.25) is 0 Å². The van der Waals surface area contributed by atoms with Crippen LogP contribution in [0.4, 0.5) is 10.5 Å². The smallest absolute Gasteiger partial charge is 0.407 e. The summed E-state index contributed by atoms with van der Waals surface area (Å²) in [7, 11) is 0. The fraction of sp³-hybridized carbons (Fsp3) is 0.455. The lowest BCUT2D eigenvalue weighted by atomic mass is 10.1. The lowest BCUT2D eigenvalue weighted by Gasteiger charge is -2.30. The molecule has 3 rings (SSSR count). The Morgan fingerprint density at radius 2 is 1.93 bits per heavy atom. The molecule has 0 bridgehead atoms. The Morgan fingerprint density at radius 3 is 2.50 bits per heavy atom. The van der Waals surface area contributed by atoms with Crippen LogP contribution < -0.4 is 10.2 Å². The zero-order valence-electron chi connectivity index (χ0n) is 16.7. The van der Waals surface area contributed by atoms with Crippen LogP contribution in [0.2, 0.25) is 5.15 Å². The van der Waals surface area contributed by atoms with E-state index in [0.717, 1.165) is 31.6 Å². The normalized spacial score (nSPS) is 15.0. The fourth-order valence-electron chi connectivity index (χ4n) is 3.14. The van der Waals surface area contributed by atoms with E-state index in [-0.39, 0.29) is 11.5 Å². The van der Waals surface area contributed by atoms with Crippen molar-refractivity contribution in [2.75, 3.05) is 18.0 Å². The first-order chi connectivity index (χ1) is 13.2. The maximum atomic E-state index is 12.0. The van der Waals surface area contributed by atoms with Gasteiger partial charge in [-0.1, -0.05) is 41.9 Å². The molecule has 0 atom stereocenters. The minimum atomic E-state index is -0.491. The number of carbonyl (C=O) groups excluding carboxylic acids is 1. The summed E-state index contributed by atoms with van der Waals surface area (Å²) in [4.78, 5) is 18.6. The van der Waals surface area contributed by atoms with E-state index < -0.39 is 5.60 Å². The summed E-state index contributed by atoms with van der Waals surface area (Å²) >= 11 is 5.97. The van der Waals surface area contributed by atoms with Crippen LogP contribution in [-0.2, 0) is 11.3 Å². The molecule has 0 aliphatic heterocycles. The van der Waals surface area contributed by atoms with E-state index in [4.69, 9.17) is 16.3 Å². The van der Waals surface area contributed by atoms with Crippen LogP contribution in [0.25, 0.3) is 0 Å². The molecule has 0 saturated heterocycles. The average Bonchev–Trinajstić information content (AvgIpc) is 3.40. The predicted octanol–water partition coefficient (Wildman–Crippen LogP) is 5.05. The molecular weight excluding hydrogens is 374 g/mol. The molecule has 0 spiro atoms. The molecule has 1 N–H and O–H groups in total. The average molecular weight is 402 g/mol. The van der Waals surface area contributed by atoms with Gasteiger partial charge >= 0.3 is 6.09 Å². The second-order valence-corrected chi connectivity index (χ2v) is 8.92. The van der Waals surface area contributed by atoms with Crippen LogP contribution >= 0.6 is 11.6 Å². The van der Waals surface area contributed by atoms with Crippen LogP contribution in [0.15, 0.2) is 48.7 Å². The molecule has 1 aliphatic carbocycles. The third-order valence-corrected chi connectivity index (χ3v) is 5.01. The van der Waals surface area contributed by atoms with E-state index in [1.165, 1.54) is 5.56 Å². The van der Waals surface area contributed by atoms with Gasteiger partial charge in [0.15, 0.2) is 0 Å². The van der Waals surface area contributed by atoms with Crippen molar-refractivity contribution >= 4 is 23.4 Å². The maximum Gasteiger partial charge on any atom is 0.407 e. The van der Waals surface area contributed by atoms with Gasteiger partial charge in [-0.15, -0.1) is 0 Å². The summed E-state index contributed by atoms with van der Waals surface area (Å²) in [6.45, 7) is 7.82. The summed E-state index contributed by atoms with van der Waals surface area (Å²) in [6, 6.07) is 14.2. The predicted molar refractivity (Wildman–Crippen MR) is 113 cm³/mol. The van der Waals surface area contributed by atoms with E-state index >= 15 is 0 Å². The fourth-order valence-corrected chi connectivity index (χ4v) is 3.26. The molecule has 1 amide bonds. The van der Waals surface area contributed by atoms with E-state index in [9.17, 15) is 4.79 Å². The highest BCUT2D eigenvalue weighted by molar-refractivity contribution is 6.29. The van der Waals surface area contributed by atoms with E-state index in [1.54, 1.807) is 0 Å². The Hall–Kier alpha value is -2.27. The number of hydrogen-bond acceptors (Lipinski definition) is 4. The first-order valence-electron chi connectivity index (χ1n) is 9.62. The molecule has 0 radical (unpaired) electrons. The zero-order valence-corrected chi connectivity index (χ0v) is 17.5. The van der Waals surface area contributed by atoms with Crippen molar-refractivity contribution in [1.82, 2.24) is 10.3 Å². The number of nitrogens with zero attached hydrogens (tertiary/aromatic N) is 2. The van der Waals surface area contributed by atoms with Gasteiger partial charge in [-0.05, 0) is 51.3 Å². The molecule has 1 aromatic heterocycles. The summed E-state index contributed by atoms with van der Waals surface area (Å²) in [5.74, 6) is 0. The quantitative estimate of drug-likeness (QED) is 0.660. The molecule has 1 fully saturated rings. The summed E-state index contributed by atoms with van der Waals surface area (Å²) in [5.41, 5.74) is 1.82. The monoisotopic (exact) mass is 401 g/mol. The number of anilines is 1. The Labute approximate surface area is 172 Å². The number of hydrogen-bond donors (Lipinski definition) is 1. The van der Waals surface area contributed by atoms with Gasteiger partial charge in [-0.25, -0.2) is 9.78 Å². The molecule has 28 heavy (non-hydrogen) atoms. The van der Waals surface area contributed by atoms with Gasteiger partial charge in [-0.2, -0.15) is 0 Å². The number of aromatic nitrogens is 1. The minimum Gasteiger partial charge on any atom is -0.444 e. The van der Waals surface area contributed by atoms with Crippen LogP contribution in [0.1, 0.15) is 39.2 Å². The van der Waals surface area contributed by atoms with Gasteiger partial charge in [0.1, 0.15) is 10.8 Å². The van der Waals surface area contributed by atoms with E-state index in [2.05, 4.69) is 27.3 Å². The van der Waals surface area contributed by atoms with Gasteiger partial charge in [0.25, 0.3) is 0 Å². The Morgan fingerprint density at radius 1 is 1.21 bits per heavy atom. The Balaban J connectivity index is 1.68. The van der Waals surface area contributed by atoms with Crippen LogP contribution in [0.5, 0.6) is 0 Å². The third kappa shape index (κ3) is 6.13. The van der Waals surface area contributed by atoms with Crippen molar-refractivity contribution in [2.45, 2.75) is 45.8 Å². The van der Waals surface area contributed by atoms with Crippen LogP contribution in [0, 0.1) is 5.41 Å². The highest BCUT2D eigenvalue weighted by Crippen LogP contribution is 2.46. The van der Waals surface area contributed by atoms with E-state index in [1.807, 2.05) is 57.3 Å². The number of benzene rings is 1. The molecule has 1 heterocycles. The number of amides is 1. The third-order valence-electron chi connectivity index (χ3n) is 4.78. The van der Waals surface area contributed by atoms with Gasteiger partial charge in [0.05, 0.1) is 11.9 Å². The van der Waals surface area contributed by atoms with Crippen molar-refractivity contribution < 1.29 is 9.53 Å². The molecule has 2 aromatic rings. The molecule has 1 saturated carbocycles. The summed E-state index contributed by atoms with van der Waals surface area (Å²) in [6.07, 6.45) is 3.61. The van der Waals surface area contributed by atoms with Crippen molar-refractivity contribution in [2.24, 2.45) is 5.41 Å². The number of pyridine rings is 1. The van der Waals surface area contributed by atoms with Crippen molar-refractivity contribution in [3.8, 4) is 0 Å². The number of rotatable bonds is 7. The van der Waals surface area contributed by atoms with Crippen molar-refractivity contribution in [3.63, 3.8) is 0 Å². The minimum absolute atomic E-state index is 0.0608. The first-order valence-corrected chi connectivity index (χ1v) is 10.00. The SMILES string of the molecule is CC(C)(C)OC(=O)NCC1(CN(Cc2ccccc2)c2ccc(Cl)nc2)CC1. The number of nitrogens with one attached hydrogen (secondary N) is 1. The van der Waals surface area contributed by atoms with Crippen LogP contribution in [0.3, 0.4) is 0 Å². The number of ether oxygens (including phenoxy) is 1. The van der Waals surface area contributed by atoms with Crippen molar-refractivity contribution in [3.05, 3.63) is 59.4 Å². The molecule has 0 unspecified atom stereocenters. The molecule has 1 aromatic carbocycles. The van der Waals surface area contributed by atoms with Crippen molar-refractivity contribution in [1.29, 1.82) is 0 Å². The van der Waals surface area contributed by atoms with Gasteiger partial charge in [0.2, 0.25) is 0 Å². The summed E-state index contributed by atoms with van der Waals surface area (Å²) in [5, 5.41) is 3.43. The standard InChI is InChI=1S/C22H28ClN3O2/c1-21(2,3)28-20(27)25-15-22(11-12-22)16-26(14-17-7-5-4-6-8-17)18-9-10-19(23)24-13-18/h4-10,13H,11-12,14-16H2,1-3H3,(H,25,27). The van der Waals surface area contributed by atoms with Crippen LogP contribution in [-0.4, -0.2) is 29.8 Å². The molecule has 1 aliphatic rings. The highest BCUT2D eigenvalue weighted by atomic mass is 35.5. The van der Waals surface area contributed by atoms with E-state index in [0.29, 0.717) is 11.7 Å². The molecular formula is C22H28ClN3O2. The number of carbonyl (C=O) groups is 1. The maximum absolute atomic E-state index is 12.0. The first kappa shape index (κ1) is 20.5.